The van der Waals surface area contributed by atoms with Crippen LogP contribution in [0.2, 0.25) is 0 Å². The van der Waals surface area contributed by atoms with Gasteiger partial charge in [-0.25, -0.2) is 4.98 Å². The van der Waals surface area contributed by atoms with Gasteiger partial charge in [0.1, 0.15) is 10.7 Å². The van der Waals surface area contributed by atoms with Gasteiger partial charge in [-0.1, -0.05) is 6.07 Å². The molecule has 0 aromatic carbocycles. The molecule has 0 unspecified atom stereocenters. The third kappa shape index (κ3) is 2.13. The van der Waals surface area contributed by atoms with E-state index in [0.717, 1.165) is 36.6 Å². The van der Waals surface area contributed by atoms with Gasteiger partial charge >= 0.3 is 0 Å². The number of likely N-dealkylation sites (tertiary alicyclic amines) is 1. The maximum absolute atomic E-state index is 12.1. The van der Waals surface area contributed by atoms with Crippen molar-refractivity contribution in [2.24, 2.45) is 0 Å². The van der Waals surface area contributed by atoms with Crippen LogP contribution in [-0.2, 0) is 0 Å². The zero-order valence-electron chi connectivity index (χ0n) is 9.87. The molecule has 1 amide bonds. The zero-order valence-corrected chi connectivity index (χ0v) is 10.7. The average Bonchev–Trinajstić information content (AvgIpc) is 3.10. The molecule has 2 aromatic rings. The van der Waals surface area contributed by atoms with E-state index in [2.05, 4.69) is 9.97 Å². The molecule has 2 aromatic heterocycles. The van der Waals surface area contributed by atoms with Gasteiger partial charge in [0.25, 0.3) is 5.91 Å². The van der Waals surface area contributed by atoms with Crippen LogP contribution in [0.1, 0.15) is 23.3 Å². The van der Waals surface area contributed by atoms with E-state index >= 15 is 0 Å². The summed E-state index contributed by atoms with van der Waals surface area (Å²) < 4.78 is 0. The number of thiazole rings is 1. The number of carbonyl (C=O) groups is 1. The van der Waals surface area contributed by atoms with Crippen molar-refractivity contribution < 1.29 is 4.79 Å². The molecular weight excluding hydrogens is 246 g/mol. The highest BCUT2D eigenvalue weighted by molar-refractivity contribution is 7.13. The van der Waals surface area contributed by atoms with Gasteiger partial charge in [-0.15, -0.1) is 11.3 Å². The Morgan fingerprint density at radius 1 is 1.28 bits per heavy atom. The molecule has 92 valence electrons. The molecule has 0 radical (unpaired) electrons. The van der Waals surface area contributed by atoms with E-state index < -0.39 is 0 Å². The van der Waals surface area contributed by atoms with Crippen LogP contribution in [0.4, 0.5) is 0 Å². The topological polar surface area (TPSA) is 46.1 Å². The lowest BCUT2D eigenvalue weighted by Crippen LogP contribution is -2.27. The summed E-state index contributed by atoms with van der Waals surface area (Å²) in [7, 11) is 0. The number of aromatic nitrogens is 2. The normalized spacial score (nSPS) is 15.0. The van der Waals surface area contributed by atoms with Crippen LogP contribution in [0.5, 0.6) is 0 Å². The fourth-order valence-corrected chi connectivity index (χ4v) is 2.83. The van der Waals surface area contributed by atoms with Crippen molar-refractivity contribution in [2.45, 2.75) is 12.8 Å². The molecule has 1 aliphatic heterocycles. The molecule has 0 saturated carbocycles. The monoisotopic (exact) mass is 259 g/mol. The quantitative estimate of drug-likeness (QED) is 0.832. The number of rotatable bonds is 2. The molecule has 0 N–H and O–H groups in total. The van der Waals surface area contributed by atoms with E-state index in [1.54, 1.807) is 6.20 Å². The molecule has 3 rings (SSSR count). The number of pyridine rings is 1. The molecule has 1 fully saturated rings. The molecule has 3 heterocycles. The molecule has 0 aliphatic carbocycles. The molecule has 5 heteroatoms. The second kappa shape index (κ2) is 4.86. The third-order valence-corrected chi connectivity index (χ3v) is 3.87. The summed E-state index contributed by atoms with van der Waals surface area (Å²) >= 11 is 1.47. The van der Waals surface area contributed by atoms with Crippen LogP contribution in [0, 0.1) is 0 Å². The van der Waals surface area contributed by atoms with Crippen molar-refractivity contribution in [2.75, 3.05) is 13.1 Å². The van der Waals surface area contributed by atoms with E-state index in [1.807, 2.05) is 28.5 Å². The number of nitrogens with zero attached hydrogens (tertiary/aromatic N) is 3. The number of hydrogen-bond donors (Lipinski definition) is 0. The van der Waals surface area contributed by atoms with Crippen molar-refractivity contribution in [1.29, 1.82) is 0 Å². The predicted octanol–water partition coefficient (Wildman–Crippen LogP) is 2.44. The lowest BCUT2D eigenvalue weighted by Gasteiger charge is -2.12. The van der Waals surface area contributed by atoms with Crippen LogP contribution in [-0.4, -0.2) is 33.9 Å². The van der Waals surface area contributed by atoms with Gasteiger partial charge in [0, 0.05) is 24.7 Å². The van der Waals surface area contributed by atoms with Gasteiger partial charge in [-0.2, -0.15) is 0 Å². The summed E-state index contributed by atoms with van der Waals surface area (Å²) in [6, 6.07) is 5.70. The highest BCUT2D eigenvalue weighted by Gasteiger charge is 2.21. The maximum Gasteiger partial charge on any atom is 0.273 e. The summed E-state index contributed by atoms with van der Waals surface area (Å²) in [4.78, 5) is 22.6. The van der Waals surface area contributed by atoms with Crippen LogP contribution in [0.25, 0.3) is 10.7 Å². The summed E-state index contributed by atoms with van der Waals surface area (Å²) in [6.45, 7) is 1.71. The van der Waals surface area contributed by atoms with E-state index in [-0.39, 0.29) is 5.91 Å². The minimum Gasteiger partial charge on any atom is -0.337 e. The molecule has 4 nitrogen and oxygen atoms in total. The Bertz CT molecular complexity index is 546. The van der Waals surface area contributed by atoms with Gasteiger partial charge in [-0.3, -0.25) is 9.78 Å². The molecule has 1 saturated heterocycles. The van der Waals surface area contributed by atoms with Crippen LogP contribution < -0.4 is 0 Å². The molecular formula is C13H13N3OS. The first-order valence-electron chi connectivity index (χ1n) is 6.01. The Kier molecular flexibility index (Phi) is 3.06. The van der Waals surface area contributed by atoms with E-state index in [0.29, 0.717) is 5.69 Å². The van der Waals surface area contributed by atoms with E-state index in [9.17, 15) is 4.79 Å². The Balaban J connectivity index is 1.83. The SMILES string of the molecule is O=C(c1csc(-c2ccccn2)n1)N1CCCC1. The average molecular weight is 259 g/mol. The Morgan fingerprint density at radius 3 is 2.83 bits per heavy atom. The van der Waals surface area contributed by atoms with Gasteiger partial charge < -0.3 is 4.90 Å². The van der Waals surface area contributed by atoms with E-state index in [4.69, 9.17) is 0 Å². The number of hydrogen-bond acceptors (Lipinski definition) is 4. The molecule has 0 atom stereocenters. The molecule has 1 aliphatic rings. The Labute approximate surface area is 109 Å². The van der Waals surface area contributed by atoms with Crippen molar-refractivity contribution >= 4 is 17.2 Å². The van der Waals surface area contributed by atoms with Crippen LogP contribution >= 0.6 is 11.3 Å². The molecule has 0 spiro atoms. The van der Waals surface area contributed by atoms with Crippen LogP contribution in [0.15, 0.2) is 29.8 Å². The first-order valence-corrected chi connectivity index (χ1v) is 6.89. The van der Waals surface area contributed by atoms with E-state index in [1.165, 1.54) is 11.3 Å². The zero-order chi connectivity index (χ0) is 12.4. The molecule has 0 bridgehead atoms. The van der Waals surface area contributed by atoms with Crippen molar-refractivity contribution in [3.8, 4) is 10.7 Å². The van der Waals surface area contributed by atoms with Crippen LogP contribution in [0.3, 0.4) is 0 Å². The number of carbonyl (C=O) groups excluding carboxylic acids is 1. The first-order chi connectivity index (χ1) is 8.84. The predicted molar refractivity (Wildman–Crippen MR) is 70.5 cm³/mol. The fraction of sp³-hybridized carbons (Fsp3) is 0.308. The Morgan fingerprint density at radius 2 is 2.11 bits per heavy atom. The fourth-order valence-electron chi connectivity index (χ4n) is 2.06. The summed E-state index contributed by atoms with van der Waals surface area (Å²) in [5.74, 6) is 0.0472. The highest BCUT2D eigenvalue weighted by atomic mass is 32.1. The Hall–Kier alpha value is -1.75. The summed E-state index contributed by atoms with van der Waals surface area (Å²) in [5, 5.41) is 2.63. The van der Waals surface area contributed by atoms with Gasteiger partial charge in [-0.05, 0) is 25.0 Å². The van der Waals surface area contributed by atoms with Crippen molar-refractivity contribution in [1.82, 2.24) is 14.9 Å². The second-order valence-electron chi connectivity index (χ2n) is 4.25. The highest BCUT2D eigenvalue weighted by Crippen LogP contribution is 2.22. The molecule has 18 heavy (non-hydrogen) atoms. The smallest absolute Gasteiger partial charge is 0.273 e. The van der Waals surface area contributed by atoms with Crippen molar-refractivity contribution in [3.05, 3.63) is 35.5 Å². The largest absolute Gasteiger partial charge is 0.337 e. The van der Waals surface area contributed by atoms with Crippen molar-refractivity contribution in [3.63, 3.8) is 0 Å². The number of amides is 1. The lowest BCUT2D eigenvalue weighted by molar-refractivity contribution is 0.0788. The van der Waals surface area contributed by atoms with Gasteiger partial charge in [0.2, 0.25) is 0 Å². The summed E-state index contributed by atoms with van der Waals surface area (Å²) in [6.07, 6.45) is 3.94. The third-order valence-electron chi connectivity index (χ3n) is 3.00. The summed E-state index contributed by atoms with van der Waals surface area (Å²) in [5.41, 5.74) is 1.37. The maximum atomic E-state index is 12.1. The lowest BCUT2D eigenvalue weighted by atomic mass is 10.3. The minimum atomic E-state index is 0.0472. The van der Waals surface area contributed by atoms with Gasteiger partial charge in [0.15, 0.2) is 0 Å². The standard InChI is InChI=1S/C13H13N3OS/c17-13(16-7-3-4-8-16)11-9-18-12(15-11)10-5-1-2-6-14-10/h1-2,5-6,9H,3-4,7-8H2. The second-order valence-corrected chi connectivity index (χ2v) is 5.11. The first kappa shape index (κ1) is 11.3. The van der Waals surface area contributed by atoms with Gasteiger partial charge in [0.05, 0.1) is 5.69 Å². The minimum absolute atomic E-state index is 0.0472.